The van der Waals surface area contributed by atoms with Crippen LogP contribution in [0.4, 0.5) is 5.69 Å². The van der Waals surface area contributed by atoms with Gasteiger partial charge in [-0.05, 0) is 18.6 Å². The summed E-state index contributed by atoms with van der Waals surface area (Å²) in [5.74, 6) is -0.597. The largest absolute Gasteiger partial charge is 0.346 e. The lowest BCUT2D eigenvalue weighted by atomic mass is 10.2. The minimum atomic E-state index is -0.627. The second-order valence-electron chi connectivity index (χ2n) is 3.85. The molecule has 0 fully saturated rings. The van der Waals surface area contributed by atoms with Crippen LogP contribution in [0.25, 0.3) is 0 Å². The number of rotatable bonds is 4. The minimum Gasteiger partial charge on any atom is -0.346 e. The van der Waals surface area contributed by atoms with Gasteiger partial charge in [0.2, 0.25) is 5.69 Å². The first-order valence-electron chi connectivity index (χ1n) is 5.46. The van der Waals surface area contributed by atoms with E-state index in [1.165, 1.54) is 6.92 Å². The number of aromatic nitrogens is 3. The second kappa shape index (κ2) is 5.25. The molecule has 0 aliphatic rings. The highest BCUT2D eigenvalue weighted by atomic mass is 16.6. The SMILES string of the molecule is Cc1[nH]nc(C(=O)NCc2cccnc2)c1[N+](=O)[O-]. The molecule has 98 valence electrons. The van der Waals surface area contributed by atoms with E-state index in [2.05, 4.69) is 20.5 Å². The zero-order valence-electron chi connectivity index (χ0n) is 10.1. The van der Waals surface area contributed by atoms with Crippen molar-refractivity contribution in [3.8, 4) is 0 Å². The number of carbonyl (C=O) groups excluding carboxylic acids is 1. The Balaban J connectivity index is 2.11. The Morgan fingerprint density at radius 3 is 3.00 bits per heavy atom. The molecule has 8 nitrogen and oxygen atoms in total. The van der Waals surface area contributed by atoms with Gasteiger partial charge in [-0.3, -0.25) is 25.0 Å². The van der Waals surface area contributed by atoms with Crippen molar-refractivity contribution in [2.45, 2.75) is 13.5 Å². The zero-order chi connectivity index (χ0) is 13.8. The Morgan fingerprint density at radius 2 is 2.37 bits per heavy atom. The average molecular weight is 261 g/mol. The zero-order valence-corrected chi connectivity index (χ0v) is 10.1. The molecule has 1 amide bonds. The summed E-state index contributed by atoms with van der Waals surface area (Å²) in [6.45, 7) is 1.72. The van der Waals surface area contributed by atoms with E-state index in [9.17, 15) is 14.9 Å². The lowest BCUT2D eigenvalue weighted by Gasteiger charge is -2.02. The van der Waals surface area contributed by atoms with Crippen molar-refractivity contribution in [2.75, 3.05) is 0 Å². The number of hydrogen-bond donors (Lipinski definition) is 2. The van der Waals surface area contributed by atoms with Gasteiger partial charge in [0.1, 0.15) is 5.69 Å². The summed E-state index contributed by atoms with van der Waals surface area (Å²) in [7, 11) is 0. The van der Waals surface area contributed by atoms with Gasteiger partial charge in [-0.1, -0.05) is 6.07 Å². The van der Waals surface area contributed by atoms with Gasteiger partial charge in [-0.15, -0.1) is 0 Å². The van der Waals surface area contributed by atoms with E-state index >= 15 is 0 Å². The molecule has 2 heterocycles. The number of nitro groups is 1. The molecule has 0 saturated heterocycles. The average Bonchev–Trinajstić information content (AvgIpc) is 2.79. The summed E-state index contributed by atoms with van der Waals surface area (Å²) in [6.07, 6.45) is 3.22. The highest BCUT2D eigenvalue weighted by molar-refractivity contribution is 5.96. The van der Waals surface area contributed by atoms with Crippen LogP contribution < -0.4 is 5.32 Å². The normalized spacial score (nSPS) is 10.2. The van der Waals surface area contributed by atoms with Crippen LogP contribution in [0.5, 0.6) is 0 Å². The quantitative estimate of drug-likeness (QED) is 0.628. The summed E-state index contributed by atoms with van der Waals surface area (Å²) in [5, 5.41) is 19.5. The highest BCUT2D eigenvalue weighted by Gasteiger charge is 2.26. The van der Waals surface area contributed by atoms with Crippen LogP contribution in [0.3, 0.4) is 0 Å². The van der Waals surface area contributed by atoms with E-state index in [0.717, 1.165) is 5.56 Å². The Labute approximate surface area is 108 Å². The molecule has 0 bridgehead atoms. The Bertz CT molecular complexity index is 608. The Hall–Kier alpha value is -2.77. The molecule has 2 aromatic heterocycles. The maximum Gasteiger partial charge on any atom is 0.322 e. The third-order valence-corrected chi connectivity index (χ3v) is 2.49. The molecule has 2 N–H and O–H groups in total. The minimum absolute atomic E-state index is 0.216. The molecule has 2 rings (SSSR count). The monoisotopic (exact) mass is 261 g/mol. The second-order valence-corrected chi connectivity index (χ2v) is 3.85. The summed E-state index contributed by atoms with van der Waals surface area (Å²) in [6, 6.07) is 3.53. The van der Waals surface area contributed by atoms with Crippen LogP contribution in [0.2, 0.25) is 0 Å². The third-order valence-electron chi connectivity index (χ3n) is 2.49. The van der Waals surface area contributed by atoms with Gasteiger partial charge in [0, 0.05) is 18.9 Å². The molecule has 0 unspecified atom stereocenters. The molecule has 2 aromatic rings. The van der Waals surface area contributed by atoms with E-state index in [-0.39, 0.29) is 23.6 Å². The number of carbonyl (C=O) groups is 1. The van der Waals surface area contributed by atoms with Crippen molar-refractivity contribution in [1.29, 1.82) is 0 Å². The summed E-state index contributed by atoms with van der Waals surface area (Å²) < 4.78 is 0. The third kappa shape index (κ3) is 2.73. The molecule has 8 heteroatoms. The highest BCUT2D eigenvalue weighted by Crippen LogP contribution is 2.19. The fraction of sp³-hybridized carbons (Fsp3) is 0.182. The van der Waals surface area contributed by atoms with Crippen molar-refractivity contribution >= 4 is 11.6 Å². The van der Waals surface area contributed by atoms with Crippen LogP contribution in [0.1, 0.15) is 21.7 Å². The molecule has 0 aliphatic carbocycles. The van der Waals surface area contributed by atoms with Gasteiger partial charge in [-0.25, -0.2) is 0 Å². The smallest absolute Gasteiger partial charge is 0.322 e. The van der Waals surface area contributed by atoms with Gasteiger partial charge in [-0.2, -0.15) is 5.10 Å². The van der Waals surface area contributed by atoms with Crippen LogP contribution in [0.15, 0.2) is 24.5 Å². The van der Waals surface area contributed by atoms with Gasteiger partial charge in [0.15, 0.2) is 0 Å². The number of amides is 1. The first-order valence-corrected chi connectivity index (χ1v) is 5.46. The Kier molecular flexibility index (Phi) is 3.51. The maximum absolute atomic E-state index is 11.8. The van der Waals surface area contributed by atoms with Crippen LogP contribution in [-0.2, 0) is 6.54 Å². The number of nitrogens with zero attached hydrogens (tertiary/aromatic N) is 3. The van der Waals surface area contributed by atoms with E-state index in [0.29, 0.717) is 0 Å². The summed E-state index contributed by atoms with van der Waals surface area (Å²) in [4.78, 5) is 26.0. The van der Waals surface area contributed by atoms with Gasteiger partial charge < -0.3 is 5.32 Å². The predicted octanol–water partition coefficient (Wildman–Crippen LogP) is 0.951. The van der Waals surface area contributed by atoms with Crippen molar-refractivity contribution in [2.24, 2.45) is 0 Å². The molecule has 0 atom stereocenters. The number of aryl methyl sites for hydroxylation is 1. The molecule has 0 aromatic carbocycles. The molecule has 0 aliphatic heterocycles. The lowest BCUT2D eigenvalue weighted by Crippen LogP contribution is -2.24. The first-order chi connectivity index (χ1) is 9.09. The topological polar surface area (TPSA) is 114 Å². The fourth-order valence-electron chi connectivity index (χ4n) is 1.57. The summed E-state index contributed by atoms with van der Waals surface area (Å²) in [5.41, 5.74) is 0.525. The lowest BCUT2D eigenvalue weighted by molar-refractivity contribution is -0.385. The van der Waals surface area contributed by atoms with Crippen molar-refractivity contribution < 1.29 is 9.72 Å². The molecule has 0 radical (unpaired) electrons. The maximum atomic E-state index is 11.8. The van der Waals surface area contributed by atoms with Crippen molar-refractivity contribution in [3.05, 3.63) is 51.6 Å². The van der Waals surface area contributed by atoms with Crippen LogP contribution >= 0.6 is 0 Å². The van der Waals surface area contributed by atoms with E-state index in [1.54, 1.807) is 24.5 Å². The number of aromatic amines is 1. The fourth-order valence-corrected chi connectivity index (χ4v) is 1.57. The van der Waals surface area contributed by atoms with E-state index < -0.39 is 10.8 Å². The summed E-state index contributed by atoms with van der Waals surface area (Å²) >= 11 is 0. The van der Waals surface area contributed by atoms with Gasteiger partial charge >= 0.3 is 5.69 Å². The Morgan fingerprint density at radius 1 is 1.58 bits per heavy atom. The number of H-pyrrole nitrogens is 1. The van der Waals surface area contributed by atoms with Gasteiger partial charge in [0.25, 0.3) is 5.91 Å². The molecule has 19 heavy (non-hydrogen) atoms. The van der Waals surface area contributed by atoms with Crippen LogP contribution in [-0.4, -0.2) is 26.0 Å². The first kappa shape index (κ1) is 12.7. The standard InChI is InChI=1S/C11H11N5O3/c1-7-10(16(18)19)9(15-14-7)11(17)13-6-8-3-2-4-12-5-8/h2-5H,6H2,1H3,(H,13,17)(H,14,15). The van der Waals surface area contributed by atoms with Gasteiger partial charge in [0.05, 0.1) is 4.92 Å². The van der Waals surface area contributed by atoms with Crippen molar-refractivity contribution in [1.82, 2.24) is 20.5 Å². The molecular formula is C11H11N5O3. The predicted molar refractivity (Wildman–Crippen MR) is 65.4 cm³/mol. The molecule has 0 saturated carbocycles. The molecule has 0 spiro atoms. The van der Waals surface area contributed by atoms with E-state index in [4.69, 9.17) is 0 Å². The van der Waals surface area contributed by atoms with Crippen molar-refractivity contribution in [3.63, 3.8) is 0 Å². The van der Waals surface area contributed by atoms with E-state index in [1.807, 2.05) is 0 Å². The number of hydrogen-bond acceptors (Lipinski definition) is 5. The number of pyridine rings is 1. The molecular weight excluding hydrogens is 250 g/mol. The number of nitrogens with one attached hydrogen (secondary N) is 2. The van der Waals surface area contributed by atoms with Crippen LogP contribution in [0, 0.1) is 17.0 Å².